The maximum Gasteiger partial charge on any atom is 0.311 e. The lowest BCUT2D eigenvalue weighted by molar-refractivity contribution is -0.202. The molecule has 148 valence electrons. The quantitative estimate of drug-likeness (QED) is 0.470. The van der Waals surface area contributed by atoms with Crippen LogP contribution in [-0.4, -0.2) is 28.3 Å². The number of nitrogens with zero attached hydrogens (tertiary/aromatic N) is 3. The van der Waals surface area contributed by atoms with Crippen LogP contribution in [0.25, 0.3) is 33.6 Å². The van der Waals surface area contributed by atoms with Crippen LogP contribution in [0.15, 0.2) is 65.1 Å². The van der Waals surface area contributed by atoms with Gasteiger partial charge in [0.2, 0.25) is 11.8 Å². The Morgan fingerprint density at radius 2 is 1.73 bits per heavy atom. The summed E-state index contributed by atoms with van der Waals surface area (Å²) in [6.07, 6.45) is 2.17. The fourth-order valence-electron chi connectivity index (χ4n) is 5.10. The van der Waals surface area contributed by atoms with Crippen LogP contribution >= 0.6 is 0 Å². The maximum absolute atomic E-state index is 12.0. The van der Waals surface area contributed by atoms with Crippen molar-refractivity contribution < 1.29 is 13.9 Å². The van der Waals surface area contributed by atoms with E-state index in [9.17, 15) is 4.79 Å². The molecule has 3 aliphatic carbocycles. The second-order valence-electron chi connectivity index (χ2n) is 8.43. The normalized spacial score (nSPS) is 24.2. The number of pyridine rings is 1. The molecule has 2 aromatic heterocycles. The molecule has 2 aromatic carbocycles. The molecule has 3 fully saturated rings. The van der Waals surface area contributed by atoms with Crippen molar-refractivity contribution in [2.24, 2.45) is 5.41 Å². The van der Waals surface area contributed by atoms with E-state index in [4.69, 9.17) is 14.1 Å². The van der Waals surface area contributed by atoms with Gasteiger partial charge in [-0.2, -0.15) is 0 Å². The number of benzene rings is 2. The first-order chi connectivity index (χ1) is 14.6. The number of ether oxygens (including phenoxy) is 1. The molecular formula is C24H19N3O3. The van der Waals surface area contributed by atoms with Gasteiger partial charge in [0.25, 0.3) is 0 Å². The van der Waals surface area contributed by atoms with Gasteiger partial charge in [0.15, 0.2) is 0 Å². The van der Waals surface area contributed by atoms with Crippen molar-refractivity contribution in [1.29, 1.82) is 0 Å². The Labute approximate surface area is 172 Å². The number of carbonyl (C=O) groups excluding carboxylic acids is 1. The molecular weight excluding hydrogens is 378 g/mol. The second kappa shape index (κ2) is 5.98. The Morgan fingerprint density at radius 3 is 2.50 bits per heavy atom. The molecule has 3 aliphatic rings. The summed E-state index contributed by atoms with van der Waals surface area (Å²) in [5.74, 6) is 0.972. The Hall–Kier alpha value is -3.54. The Balaban J connectivity index is 1.41. The Bertz CT molecular complexity index is 1280. The smallest absolute Gasteiger partial charge is 0.311 e. The summed E-state index contributed by atoms with van der Waals surface area (Å²) in [4.78, 5) is 16.8. The zero-order chi connectivity index (χ0) is 20.3. The van der Waals surface area contributed by atoms with E-state index in [1.807, 2.05) is 60.7 Å². The third-order valence-corrected chi connectivity index (χ3v) is 6.54. The maximum atomic E-state index is 12.0. The fourth-order valence-corrected chi connectivity index (χ4v) is 5.10. The van der Waals surface area contributed by atoms with E-state index >= 15 is 0 Å². The lowest BCUT2D eigenvalue weighted by Crippen LogP contribution is -2.68. The summed E-state index contributed by atoms with van der Waals surface area (Å²) >= 11 is 0. The topological polar surface area (TPSA) is 78.1 Å². The highest BCUT2D eigenvalue weighted by Crippen LogP contribution is 2.73. The molecule has 0 spiro atoms. The van der Waals surface area contributed by atoms with Gasteiger partial charge in [-0.05, 0) is 31.4 Å². The molecule has 0 atom stereocenters. The largest absolute Gasteiger partial charge is 0.469 e. The van der Waals surface area contributed by atoms with E-state index in [0.717, 1.165) is 47.0 Å². The zero-order valence-electron chi connectivity index (χ0n) is 16.5. The van der Waals surface area contributed by atoms with Gasteiger partial charge < -0.3 is 9.15 Å². The molecule has 0 radical (unpaired) electrons. The molecule has 0 amide bonds. The Kier molecular flexibility index (Phi) is 3.46. The van der Waals surface area contributed by atoms with Crippen molar-refractivity contribution in [3.05, 3.63) is 66.6 Å². The molecule has 6 heteroatoms. The summed E-state index contributed by atoms with van der Waals surface area (Å²) in [6, 6.07) is 20.0. The van der Waals surface area contributed by atoms with Crippen molar-refractivity contribution in [2.75, 3.05) is 7.11 Å². The SMILES string of the molecule is COC(=O)C12CC(c3nnc(-c4cc(-c5ccccc5)nc5ccccc45)o3)(C1)C2. The summed E-state index contributed by atoms with van der Waals surface area (Å²) in [5, 5.41) is 9.70. The summed E-state index contributed by atoms with van der Waals surface area (Å²) in [7, 11) is 1.44. The average molecular weight is 397 g/mol. The number of esters is 1. The number of hydrogen-bond acceptors (Lipinski definition) is 6. The average Bonchev–Trinajstić information content (AvgIpc) is 3.21. The van der Waals surface area contributed by atoms with Crippen molar-refractivity contribution >= 4 is 16.9 Å². The molecule has 0 unspecified atom stereocenters. The molecule has 3 saturated carbocycles. The van der Waals surface area contributed by atoms with Crippen LogP contribution in [0.3, 0.4) is 0 Å². The lowest BCUT2D eigenvalue weighted by atomic mass is 9.35. The highest BCUT2D eigenvalue weighted by atomic mass is 16.5. The van der Waals surface area contributed by atoms with E-state index < -0.39 is 0 Å². The first-order valence-corrected chi connectivity index (χ1v) is 10.0. The van der Waals surface area contributed by atoms with E-state index in [1.165, 1.54) is 7.11 Å². The fraction of sp³-hybridized carbons (Fsp3) is 0.250. The van der Waals surface area contributed by atoms with Crippen LogP contribution in [-0.2, 0) is 14.9 Å². The molecule has 2 bridgehead atoms. The van der Waals surface area contributed by atoms with Crippen LogP contribution in [0.1, 0.15) is 25.2 Å². The highest BCUT2D eigenvalue weighted by molar-refractivity contribution is 5.94. The molecule has 0 aliphatic heterocycles. The monoisotopic (exact) mass is 397 g/mol. The Morgan fingerprint density at radius 1 is 1.00 bits per heavy atom. The van der Waals surface area contributed by atoms with Gasteiger partial charge in [0, 0.05) is 10.9 Å². The van der Waals surface area contributed by atoms with Gasteiger partial charge in [-0.25, -0.2) is 4.98 Å². The first kappa shape index (κ1) is 17.3. The summed E-state index contributed by atoms with van der Waals surface area (Å²) < 4.78 is 11.1. The van der Waals surface area contributed by atoms with Crippen LogP contribution in [0.2, 0.25) is 0 Å². The van der Waals surface area contributed by atoms with E-state index in [2.05, 4.69) is 10.2 Å². The van der Waals surface area contributed by atoms with Crippen molar-refractivity contribution in [3.63, 3.8) is 0 Å². The minimum Gasteiger partial charge on any atom is -0.469 e. The number of hydrogen-bond donors (Lipinski definition) is 0. The number of fused-ring (bicyclic) bond motifs is 1. The predicted octanol–water partition coefficient (Wildman–Crippen LogP) is 4.55. The molecule has 30 heavy (non-hydrogen) atoms. The molecule has 4 aromatic rings. The number of carbonyl (C=O) groups is 1. The third kappa shape index (κ3) is 2.30. The molecule has 2 heterocycles. The van der Waals surface area contributed by atoms with Crippen LogP contribution in [0.4, 0.5) is 0 Å². The number of methoxy groups -OCH3 is 1. The third-order valence-electron chi connectivity index (χ3n) is 6.54. The minimum absolute atomic E-state index is 0.128. The van der Waals surface area contributed by atoms with Gasteiger partial charge in [0.05, 0.1) is 34.7 Å². The predicted molar refractivity (Wildman–Crippen MR) is 110 cm³/mol. The van der Waals surface area contributed by atoms with Crippen LogP contribution in [0.5, 0.6) is 0 Å². The van der Waals surface area contributed by atoms with E-state index in [0.29, 0.717) is 11.8 Å². The second-order valence-corrected chi connectivity index (χ2v) is 8.43. The zero-order valence-corrected chi connectivity index (χ0v) is 16.5. The van der Waals surface area contributed by atoms with Crippen molar-refractivity contribution in [3.8, 4) is 22.7 Å². The molecule has 7 rings (SSSR count). The van der Waals surface area contributed by atoms with Crippen molar-refractivity contribution in [2.45, 2.75) is 24.7 Å². The summed E-state index contributed by atoms with van der Waals surface area (Å²) in [5.41, 5.74) is 3.12. The standard InChI is InChI=1S/C24H19N3O3/c1-29-22(28)24-12-23(13-24,14-24)21-27-26-20(30-21)17-11-19(15-7-3-2-4-8-15)25-18-10-6-5-9-16(17)18/h2-11H,12-14H2,1H3. The number of rotatable bonds is 4. The van der Waals surface area contributed by atoms with Gasteiger partial charge in [-0.15, -0.1) is 10.2 Å². The number of aromatic nitrogens is 3. The van der Waals surface area contributed by atoms with Gasteiger partial charge in [-0.3, -0.25) is 4.79 Å². The van der Waals surface area contributed by atoms with Crippen LogP contribution < -0.4 is 0 Å². The first-order valence-electron chi connectivity index (χ1n) is 10.0. The highest BCUT2D eigenvalue weighted by Gasteiger charge is 2.75. The van der Waals surface area contributed by atoms with Gasteiger partial charge in [0.1, 0.15) is 0 Å². The van der Waals surface area contributed by atoms with E-state index in [-0.39, 0.29) is 16.8 Å². The van der Waals surface area contributed by atoms with E-state index in [1.54, 1.807) is 0 Å². The molecule has 6 nitrogen and oxygen atoms in total. The minimum atomic E-state index is -0.340. The van der Waals surface area contributed by atoms with Gasteiger partial charge in [-0.1, -0.05) is 48.5 Å². The molecule has 0 N–H and O–H groups in total. The summed E-state index contributed by atoms with van der Waals surface area (Å²) in [6.45, 7) is 0. The van der Waals surface area contributed by atoms with Gasteiger partial charge >= 0.3 is 5.97 Å². The number of para-hydroxylation sites is 1. The molecule has 0 saturated heterocycles. The lowest BCUT2D eigenvalue weighted by Gasteiger charge is -2.66. The van der Waals surface area contributed by atoms with Crippen molar-refractivity contribution in [1.82, 2.24) is 15.2 Å². The van der Waals surface area contributed by atoms with Crippen LogP contribution in [0, 0.1) is 5.41 Å².